The number of hydrogen-bond donors (Lipinski definition) is 1. The first-order valence-electron chi connectivity index (χ1n) is 5.93. The highest BCUT2D eigenvalue weighted by atomic mass is 32.1. The van der Waals surface area contributed by atoms with Crippen molar-refractivity contribution in [1.29, 1.82) is 0 Å². The number of esters is 1. The third kappa shape index (κ3) is 3.19. The van der Waals surface area contributed by atoms with Crippen LogP contribution in [-0.4, -0.2) is 23.6 Å². The van der Waals surface area contributed by atoms with Gasteiger partial charge >= 0.3 is 5.97 Å². The van der Waals surface area contributed by atoms with Crippen LogP contribution in [-0.2, 0) is 4.74 Å². The molecule has 0 aromatic carbocycles. The van der Waals surface area contributed by atoms with E-state index in [0.29, 0.717) is 4.88 Å². The molecule has 5 heteroatoms. The lowest BCUT2D eigenvalue weighted by atomic mass is 9.90. The smallest absolute Gasteiger partial charge is 0.349 e. The Morgan fingerprint density at radius 3 is 2.47 bits per heavy atom. The van der Waals surface area contributed by atoms with Gasteiger partial charge in [0.1, 0.15) is 4.88 Å². The molecule has 1 aromatic heterocycles. The van der Waals surface area contributed by atoms with Crippen LogP contribution in [0.25, 0.3) is 0 Å². The molecule has 0 spiro atoms. The Labute approximate surface area is 106 Å². The van der Waals surface area contributed by atoms with Gasteiger partial charge in [-0.05, 0) is 19.3 Å². The minimum absolute atomic E-state index is 0.0746. The Bertz CT molecular complexity index is 364. The number of carbonyl (C=O) groups excluding carboxylic acids is 1. The number of methoxy groups -OCH3 is 1. The lowest BCUT2D eigenvalue weighted by Gasteiger charge is -2.31. The number of thiazole rings is 1. The van der Waals surface area contributed by atoms with Gasteiger partial charge in [0.15, 0.2) is 5.13 Å². The van der Waals surface area contributed by atoms with Gasteiger partial charge < -0.3 is 10.1 Å². The van der Waals surface area contributed by atoms with E-state index in [1.807, 2.05) is 0 Å². The van der Waals surface area contributed by atoms with Crippen LogP contribution >= 0.6 is 11.3 Å². The molecular weight excluding hydrogens is 236 g/mol. The van der Waals surface area contributed by atoms with Crippen LogP contribution in [0.1, 0.15) is 49.7 Å². The van der Waals surface area contributed by atoms with Crippen molar-refractivity contribution in [2.24, 2.45) is 0 Å². The maximum absolute atomic E-state index is 11.3. The fourth-order valence-corrected chi connectivity index (χ4v) is 2.62. The zero-order valence-electron chi connectivity index (χ0n) is 10.9. The Balaban J connectivity index is 2.81. The molecule has 0 saturated heterocycles. The highest BCUT2D eigenvalue weighted by molar-refractivity contribution is 7.17. The minimum atomic E-state index is -0.328. The summed E-state index contributed by atoms with van der Waals surface area (Å²) in [7, 11) is 1.38. The molecule has 0 atom stereocenters. The van der Waals surface area contributed by atoms with E-state index in [2.05, 4.69) is 35.8 Å². The molecule has 1 heterocycles. The van der Waals surface area contributed by atoms with Gasteiger partial charge in [0.25, 0.3) is 0 Å². The summed E-state index contributed by atoms with van der Waals surface area (Å²) in [6.45, 7) is 6.48. The Morgan fingerprint density at radius 2 is 2.00 bits per heavy atom. The maximum Gasteiger partial charge on any atom is 0.349 e. The van der Waals surface area contributed by atoms with Crippen LogP contribution in [0, 0.1) is 0 Å². The van der Waals surface area contributed by atoms with Crippen LogP contribution in [0.2, 0.25) is 0 Å². The number of anilines is 1. The van der Waals surface area contributed by atoms with E-state index >= 15 is 0 Å². The highest BCUT2D eigenvalue weighted by Crippen LogP contribution is 2.28. The Morgan fingerprint density at radius 1 is 1.41 bits per heavy atom. The van der Waals surface area contributed by atoms with Gasteiger partial charge in [0.2, 0.25) is 0 Å². The van der Waals surface area contributed by atoms with E-state index < -0.39 is 0 Å². The van der Waals surface area contributed by atoms with Crippen LogP contribution in [0.4, 0.5) is 5.13 Å². The van der Waals surface area contributed by atoms with Gasteiger partial charge in [-0.1, -0.05) is 32.1 Å². The van der Waals surface area contributed by atoms with Crippen LogP contribution in [0.3, 0.4) is 0 Å². The zero-order chi connectivity index (χ0) is 12.9. The fourth-order valence-electron chi connectivity index (χ4n) is 1.77. The van der Waals surface area contributed by atoms with Crippen molar-refractivity contribution in [2.45, 2.75) is 45.6 Å². The molecule has 0 radical (unpaired) electrons. The van der Waals surface area contributed by atoms with E-state index in [-0.39, 0.29) is 11.5 Å². The summed E-state index contributed by atoms with van der Waals surface area (Å²) in [5, 5.41) is 4.23. The standard InChI is InChI=1S/C12H20N2O2S/c1-5-12(6-2,7-3)14-11-13-8-9(17-11)10(15)16-4/h8H,5-7H2,1-4H3,(H,13,14). The minimum Gasteiger partial charge on any atom is -0.465 e. The molecule has 17 heavy (non-hydrogen) atoms. The predicted molar refractivity (Wildman–Crippen MR) is 70.7 cm³/mol. The summed E-state index contributed by atoms with van der Waals surface area (Å²) in [5.74, 6) is -0.328. The average Bonchev–Trinajstić information content (AvgIpc) is 2.83. The number of nitrogens with one attached hydrogen (secondary N) is 1. The summed E-state index contributed by atoms with van der Waals surface area (Å²) in [6, 6.07) is 0. The number of aromatic nitrogens is 1. The highest BCUT2D eigenvalue weighted by Gasteiger charge is 2.25. The fraction of sp³-hybridized carbons (Fsp3) is 0.667. The molecule has 0 unspecified atom stereocenters. The van der Waals surface area contributed by atoms with Gasteiger partial charge in [-0.15, -0.1) is 0 Å². The number of nitrogens with zero attached hydrogens (tertiary/aromatic N) is 1. The Hall–Kier alpha value is -1.10. The van der Waals surface area contributed by atoms with Crippen molar-refractivity contribution in [3.05, 3.63) is 11.1 Å². The summed E-state index contributed by atoms with van der Waals surface area (Å²) in [4.78, 5) is 16.1. The van der Waals surface area contributed by atoms with Crippen LogP contribution in [0.5, 0.6) is 0 Å². The van der Waals surface area contributed by atoms with E-state index in [0.717, 1.165) is 24.4 Å². The monoisotopic (exact) mass is 256 g/mol. The summed E-state index contributed by atoms with van der Waals surface area (Å²) >= 11 is 1.34. The van der Waals surface area contributed by atoms with Gasteiger partial charge in [0, 0.05) is 5.54 Å². The Kier molecular flexibility index (Phi) is 4.93. The van der Waals surface area contributed by atoms with Gasteiger partial charge in [-0.25, -0.2) is 9.78 Å². The first kappa shape index (κ1) is 14.0. The van der Waals surface area contributed by atoms with Crippen LogP contribution < -0.4 is 5.32 Å². The van der Waals surface area contributed by atoms with Crippen molar-refractivity contribution in [1.82, 2.24) is 4.98 Å². The molecule has 96 valence electrons. The lowest BCUT2D eigenvalue weighted by molar-refractivity contribution is 0.0606. The molecule has 1 rings (SSSR count). The molecule has 4 nitrogen and oxygen atoms in total. The zero-order valence-corrected chi connectivity index (χ0v) is 11.7. The van der Waals surface area contributed by atoms with Crippen molar-refractivity contribution in [3.8, 4) is 0 Å². The van der Waals surface area contributed by atoms with E-state index in [1.54, 1.807) is 6.20 Å². The second-order valence-corrected chi connectivity index (χ2v) is 5.02. The SMILES string of the molecule is CCC(CC)(CC)Nc1ncc(C(=O)OC)s1. The number of carbonyl (C=O) groups is 1. The second-order valence-electron chi connectivity index (χ2n) is 3.99. The van der Waals surface area contributed by atoms with Crippen molar-refractivity contribution in [3.63, 3.8) is 0 Å². The molecule has 1 N–H and O–H groups in total. The third-order valence-corrected chi connectivity index (χ3v) is 4.19. The predicted octanol–water partition coefficient (Wildman–Crippen LogP) is 3.31. The molecule has 0 aliphatic rings. The molecule has 0 fully saturated rings. The molecule has 0 bridgehead atoms. The third-order valence-electron chi connectivity index (χ3n) is 3.29. The quantitative estimate of drug-likeness (QED) is 0.793. The lowest BCUT2D eigenvalue weighted by Crippen LogP contribution is -2.35. The summed E-state index contributed by atoms with van der Waals surface area (Å²) in [6.07, 6.45) is 4.66. The number of rotatable bonds is 6. The van der Waals surface area contributed by atoms with Gasteiger partial charge in [-0.3, -0.25) is 0 Å². The first-order chi connectivity index (χ1) is 8.10. The maximum atomic E-state index is 11.3. The first-order valence-corrected chi connectivity index (χ1v) is 6.74. The van der Waals surface area contributed by atoms with Crippen molar-refractivity contribution >= 4 is 22.4 Å². The van der Waals surface area contributed by atoms with E-state index in [1.165, 1.54) is 18.4 Å². The molecule has 0 amide bonds. The normalized spacial score (nSPS) is 11.3. The number of ether oxygens (including phenoxy) is 1. The van der Waals surface area contributed by atoms with Crippen molar-refractivity contribution in [2.75, 3.05) is 12.4 Å². The summed E-state index contributed by atoms with van der Waals surface area (Å²) < 4.78 is 4.66. The topological polar surface area (TPSA) is 51.2 Å². The largest absolute Gasteiger partial charge is 0.465 e. The number of hydrogen-bond acceptors (Lipinski definition) is 5. The molecule has 0 saturated carbocycles. The van der Waals surface area contributed by atoms with Gasteiger partial charge in [0.05, 0.1) is 13.3 Å². The van der Waals surface area contributed by atoms with E-state index in [4.69, 9.17) is 0 Å². The summed E-state index contributed by atoms with van der Waals surface area (Å²) in [5.41, 5.74) is 0.0746. The van der Waals surface area contributed by atoms with Crippen LogP contribution in [0.15, 0.2) is 6.20 Å². The average molecular weight is 256 g/mol. The molecule has 0 aliphatic carbocycles. The van der Waals surface area contributed by atoms with Crippen molar-refractivity contribution < 1.29 is 9.53 Å². The second kappa shape index (κ2) is 6.00. The van der Waals surface area contributed by atoms with E-state index in [9.17, 15) is 4.79 Å². The van der Waals surface area contributed by atoms with Gasteiger partial charge in [-0.2, -0.15) is 0 Å². The molecule has 1 aromatic rings. The molecule has 0 aliphatic heterocycles. The molecular formula is C12H20N2O2S.